The predicted molar refractivity (Wildman–Crippen MR) is 91.4 cm³/mol. The fraction of sp³-hybridized carbons (Fsp3) is 0. The number of benzene rings is 3. The molecule has 0 saturated heterocycles. The smallest absolute Gasteiger partial charge is 0.194 e. The monoisotopic (exact) mass is 298 g/mol. The zero-order chi connectivity index (χ0) is 16.2. The molecule has 3 aromatic carbocycles. The molecule has 0 spiro atoms. The van der Waals surface area contributed by atoms with Crippen LogP contribution < -0.4 is 0 Å². The van der Waals surface area contributed by atoms with Crippen LogP contribution in [0.1, 0.15) is 21.5 Å². The van der Waals surface area contributed by atoms with E-state index in [1.54, 1.807) is 18.2 Å². The molecule has 0 bridgehead atoms. The van der Waals surface area contributed by atoms with Gasteiger partial charge in [-0.15, -0.1) is 6.42 Å². The van der Waals surface area contributed by atoms with Crippen molar-refractivity contribution in [3.05, 3.63) is 89.5 Å². The van der Waals surface area contributed by atoms with E-state index in [0.717, 1.165) is 11.1 Å². The first kappa shape index (κ1) is 14.6. The van der Waals surface area contributed by atoms with Crippen molar-refractivity contribution in [2.24, 2.45) is 0 Å². The lowest BCUT2D eigenvalue weighted by atomic mass is 9.96. The van der Waals surface area contributed by atoms with Crippen LogP contribution in [0.25, 0.3) is 11.1 Å². The highest BCUT2D eigenvalue weighted by molar-refractivity contribution is 6.10. The maximum absolute atomic E-state index is 12.6. The zero-order valence-electron chi connectivity index (χ0n) is 12.4. The number of hydrogen-bond acceptors (Lipinski definition) is 2. The lowest BCUT2D eigenvalue weighted by Gasteiger charge is -2.06. The Labute approximate surface area is 135 Å². The van der Waals surface area contributed by atoms with Gasteiger partial charge in [-0.2, -0.15) is 0 Å². The first-order valence-corrected chi connectivity index (χ1v) is 7.19. The minimum atomic E-state index is -0.155. The molecular formula is C21H14O2. The third-order valence-electron chi connectivity index (χ3n) is 3.66. The molecule has 0 aliphatic carbocycles. The van der Waals surface area contributed by atoms with E-state index in [1.807, 2.05) is 42.5 Å². The van der Waals surface area contributed by atoms with Crippen LogP contribution in [-0.2, 0) is 0 Å². The largest absolute Gasteiger partial charge is 0.508 e. The Morgan fingerprint density at radius 1 is 0.870 bits per heavy atom. The van der Waals surface area contributed by atoms with Gasteiger partial charge in [-0.3, -0.25) is 4.79 Å². The van der Waals surface area contributed by atoms with E-state index in [9.17, 15) is 9.90 Å². The van der Waals surface area contributed by atoms with Gasteiger partial charge < -0.3 is 5.11 Å². The molecule has 0 aromatic heterocycles. The van der Waals surface area contributed by atoms with E-state index < -0.39 is 0 Å². The summed E-state index contributed by atoms with van der Waals surface area (Å²) < 4.78 is 0. The Bertz CT molecular complexity index is 885. The SMILES string of the molecule is C#Cc1cc(O)ccc1C(=O)c1ccc(-c2ccccc2)cc1. The minimum Gasteiger partial charge on any atom is -0.508 e. The van der Waals surface area contributed by atoms with Gasteiger partial charge in [0.05, 0.1) is 0 Å². The molecular weight excluding hydrogens is 284 g/mol. The summed E-state index contributed by atoms with van der Waals surface area (Å²) in [5.74, 6) is 2.34. The van der Waals surface area contributed by atoms with E-state index >= 15 is 0 Å². The van der Waals surface area contributed by atoms with E-state index in [0.29, 0.717) is 16.7 Å². The highest BCUT2D eigenvalue weighted by atomic mass is 16.3. The van der Waals surface area contributed by atoms with Gasteiger partial charge in [-0.05, 0) is 29.3 Å². The molecule has 110 valence electrons. The summed E-state index contributed by atoms with van der Waals surface area (Å²) in [4.78, 5) is 12.6. The van der Waals surface area contributed by atoms with Crippen molar-refractivity contribution in [1.29, 1.82) is 0 Å². The molecule has 2 heteroatoms. The van der Waals surface area contributed by atoms with Crippen LogP contribution in [0, 0.1) is 12.3 Å². The Hall–Kier alpha value is -3.31. The molecule has 0 amide bonds. The summed E-state index contributed by atoms with van der Waals surface area (Å²) in [7, 11) is 0. The van der Waals surface area contributed by atoms with Gasteiger partial charge >= 0.3 is 0 Å². The third-order valence-corrected chi connectivity index (χ3v) is 3.66. The average molecular weight is 298 g/mol. The molecule has 0 atom stereocenters. The summed E-state index contributed by atoms with van der Waals surface area (Å²) >= 11 is 0. The quantitative estimate of drug-likeness (QED) is 0.579. The van der Waals surface area contributed by atoms with Crippen molar-refractivity contribution < 1.29 is 9.90 Å². The van der Waals surface area contributed by atoms with Gasteiger partial charge in [0.25, 0.3) is 0 Å². The molecule has 0 heterocycles. The maximum atomic E-state index is 12.6. The van der Waals surface area contributed by atoms with Crippen molar-refractivity contribution in [2.45, 2.75) is 0 Å². The average Bonchev–Trinajstić information content (AvgIpc) is 2.62. The van der Waals surface area contributed by atoms with Crippen LogP contribution in [-0.4, -0.2) is 10.9 Å². The molecule has 1 N–H and O–H groups in total. The number of hydrogen-bond donors (Lipinski definition) is 1. The summed E-state index contributed by atoms with van der Waals surface area (Å²) in [6, 6.07) is 21.8. The summed E-state index contributed by atoms with van der Waals surface area (Å²) in [6.07, 6.45) is 5.42. The normalized spacial score (nSPS) is 10.0. The Kier molecular flexibility index (Phi) is 3.95. The van der Waals surface area contributed by atoms with Crippen molar-refractivity contribution in [1.82, 2.24) is 0 Å². The van der Waals surface area contributed by atoms with Gasteiger partial charge in [0.1, 0.15) is 5.75 Å². The molecule has 0 fully saturated rings. The highest BCUT2D eigenvalue weighted by Gasteiger charge is 2.13. The first-order chi connectivity index (χ1) is 11.2. The molecule has 23 heavy (non-hydrogen) atoms. The van der Waals surface area contributed by atoms with Gasteiger partial charge in [0.2, 0.25) is 0 Å². The molecule has 3 rings (SSSR count). The molecule has 0 aliphatic rings. The lowest BCUT2D eigenvalue weighted by Crippen LogP contribution is -2.03. The minimum absolute atomic E-state index is 0.0499. The number of aromatic hydroxyl groups is 1. The van der Waals surface area contributed by atoms with Crippen molar-refractivity contribution in [3.8, 4) is 29.2 Å². The lowest BCUT2D eigenvalue weighted by molar-refractivity contribution is 0.103. The second kappa shape index (κ2) is 6.21. The van der Waals surface area contributed by atoms with Crippen LogP contribution in [0.15, 0.2) is 72.8 Å². The van der Waals surface area contributed by atoms with E-state index in [-0.39, 0.29) is 11.5 Å². The second-order valence-electron chi connectivity index (χ2n) is 5.15. The number of phenolic OH excluding ortho intramolecular Hbond substituents is 1. The fourth-order valence-corrected chi connectivity index (χ4v) is 2.45. The molecule has 3 aromatic rings. The molecule has 0 saturated carbocycles. The van der Waals surface area contributed by atoms with Crippen molar-refractivity contribution in [3.63, 3.8) is 0 Å². The standard InChI is InChI=1S/C21H14O2/c1-2-15-14-19(22)12-13-20(15)21(23)18-10-8-17(9-11-18)16-6-4-3-5-7-16/h1,3-14,22H. The van der Waals surface area contributed by atoms with Gasteiger partial charge in [0.15, 0.2) is 5.78 Å². The van der Waals surface area contributed by atoms with Crippen LogP contribution in [0.4, 0.5) is 0 Å². The van der Waals surface area contributed by atoms with Gasteiger partial charge in [-0.25, -0.2) is 0 Å². The third kappa shape index (κ3) is 3.00. The number of ketones is 1. The van der Waals surface area contributed by atoms with Crippen LogP contribution in [0.3, 0.4) is 0 Å². The summed E-state index contributed by atoms with van der Waals surface area (Å²) in [6.45, 7) is 0. The molecule has 0 radical (unpaired) electrons. The number of phenols is 1. The van der Waals surface area contributed by atoms with E-state index in [2.05, 4.69) is 5.92 Å². The highest BCUT2D eigenvalue weighted by Crippen LogP contribution is 2.22. The fourth-order valence-electron chi connectivity index (χ4n) is 2.45. The van der Waals surface area contributed by atoms with Crippen molar-refractivity contribution >= 4 is 5.78 Å². The molecule has 2 nitrogen and oxygen atoms in total. The Balaban J connectivity index is 1.94. The predicted octanol–water partition coefficient (Wildman–Crippen LogP) is 4.27. The number of rotatable bonds is 3. The zero-order valence-corrected chi connectivity index (χ0v) is 12.4. The second-order valence-corrected chi connectivity index (χ2v) is 5.15. The van der Waals surface area contributed by atoms with Crippen LogP contribution >= 0.6 is 0 Å². The number of terminal acetylenes is 1. The van der Waals surface area contributed by atoms with Crippen LogP contribution in [0.5, 0.6) is 5.75 Å². The summed E-state index contributed by atoms with van der Waals surface area (Å²) in [5, 5.41) is 9.48. The van der Waals surface area contributed by atoms with Gasteiger partial charge in [0, 0.05) is 16.7 Å². The van der Waals surface area contributed by atoms with Crippen LogP contribution in [0.2, 0.25) is 0 Å². The van der Waals surface area contributed by atoms with Crippen molar-refractivity contribution in [2.75, 3.05) is 0 Å². The summed E-state index contributed by atoms with van der Waals surface area (Å²) in [5.41, 5.74) is 3.51. The Morgan fingerprint density at radius 3 is 2.17 bits per heavy atom. The molecule has 0 aliphatic heterocycles. The number of carbonyl (C=O) groups excluding carboxylic acids is 1. The molecule has 0 unspecified atom stereocenters. The van der Waals surface area contributed by atoms with E-state index in [4.69, 9.17) is 6.42 Å². The Morgan fingerprint density at radius 2 is 1.52 bits per heavy atom. The maximum Gasteiger partial charge on any atom is 0.194 e. The van der Waals surface area contributed by atoms with E-state index in [1.165, 1.54) is 12.1 Å². The number of carbonyl (C=O) groups is 1. The van der Waals surface area contributed by atoms with Gasteiger partial charge in [-0.1, -0.05) is 60.5 Å². The topological polar surface area (TPSA) is 37.3 Å². The first-order valence-electron chi connectivity index (χ1n) is 7.19.